The highest BCUT2D eigenvalue weighted by molar-refractivity contribution is 6.30. The van der Waals surface area contributed by atoms with E-state index in [1.165, 1.54) is 4.90 Å². The number of ether oxygens (including phenoxy) is 1. The maximum Gasteiger partial charge on any atom is 0.253 e. The number of anilines is 1. The molecule has 0 aliphatic carbocycles. The molecule has 37 heavy (non-hydrogen) atoms. The number of rotatable bonds is 10. The predicted octanol–water partition coefficient (Wildman–Crippen LogP) is 3.04. The van der Waals surface area contributed by atoms with Crippen molar-refractivity contribution in [3.63, 3.8) is 0 Å². The van der Waals surface area contributed by atoms with E-state index in [1.807, 2.05) is 13.8 Å². The van der Waals surface area contributed by atoms with Crippen molar-refractivity contribution < 1.29 is 24.2 Å². The highest BCUT2D eigenvalue weighted by Crippen LogP contribution is 2.64. The first-order valence-electron chi connectivity index (χ1n) is 12.8. The normalized spacial score (nSPS) is 30.7. The second-order valence-corrected chi connectivity index (χ2v) is 10.9. The molecule has 6 atom stereocenters. The Hall–Kier alpha value is -2.68. The van der Waals surface area contributed by atoms with Crippen LogP contribution in [0.1, 0.15) is 33.1 Å². The number of fused-ring (bicyclic) bond motifs is 1. The number of carbonyl (C=O) groups excluding carboxylic acids is 3. The molecule has 0 aromatic heterocycles. The first-order chi connectivity index (χ1) is 17.6. The maximum atomic E-state index is 14.4. The molecule has 3 aliphatic heterocycles. The SMILES string of the molecule is C=CCN(C)C(=O)[C@H]1[C@H]2C(=O)N([C@@H](CC)CO)C(C(=O)N(CC=C)c3ccc(Cl)cc3)C23CC[C@]1(C)O3. The summed E-state index contributed by atoms with van der Waals surface area (Å²) in [5.74, 6) is -2.41. The highest BCUT2D eigenvalue weighted by atomic mass is 35.5. The van der Waals surface area contributed by atoms with Crippen LogP contribution >= 0.6 is 11.6 Å². The number of likely N-dealkylation sites (N-methyl/N-ethyl adjacent to an activating group) is 1. The van der Waals surface area contributed by atoms with Gasteiger partial charge in [-0.25, -0.2) is 0 Å². The van der Waals surface area contributed by atoms with Crippen LogP contribution in [0, 0.1) is 11.8 Å². The Morgan fingerprint density at radius 2 is 1.86 bits per heavy atom. The molecule has 200 valence electrons. The van der Waals surface area contributed by atoms with Gasteiger partial charge in [0.05, 0.1) is 30.1 Å². The van der Waals surface area contributed by atoms with Gasteiger partial charge in [0, 0.05) is 30.8 Å². The Balaban J connectivity index is 1.84. The van der Waals surface area contributed by atoms with Crippen LogP contribution in [-0.4, -0.2) is 82.7 Å². The number of amides is 3. The molecule has 4 rings (SSSR count). The van der Waals surface area contributed by atoms with E-state index in [4.69, 9.17) is 16.3 Å². The van der Waals surface area contributed by atoms with Crippen LogP contribution in [0.5, 0.6) is 0 Å². The lowest BCUT2D eigenvalue weighted by Gasteiger charge is -2.39. The van der Waals surface area contributed by atoms with Crippen LogP contribution in [0.25, 0.3) is 0 Å². The van der Waals surface area contributed by atoms with Crippen LogP contribution in [0.2, 0.25) is 5.02 Å². The minimum Gasteiger partial charge on any atom is -0.394 e. The van der Waals surface area contributed by atoms with Gasteiger partial charge in [0.25, 0.3) is 5.91 Å². The Bertz CT molecular complexity index is 1090. The number of aliphatic hydroxyl groups excluding tert-OH is 1. The second kappa shape index (κ2) is 10.2. The van der Waals surface area contributed by atoms with E-state index in [0.717, 1.165) is 0 Å². The van der Waals surface area contributed by atoms with Crippen LogP contribution < -0.4 is 4.90 Å². The van der Waals surface area contributed by atoms with Crippen molar-refractivity contribution in [3.8, 4) is 0 Å². The summed E-state index contributed by atoms with van der Waals surface area (Å²) < 4.78 is 6.68. The summed E-state index contributed by atoms with van der Waals surface area (Å²) in [6.45, 7) is 11.5. The molecule has 1 spiro atoms. The average molecular weight is 530 g/mol. The van der Waals surface area contributed by atoms with E-state index >= 15 is 0 Å². The molecule has 3 aliphatic rings. The summed E-state index contributed by atoms with van der Waals surface area (Å²) in [6, 6.07) is 5.30. The van der Waals surface area contributed by atoms with Crippen molar-refractivity contribution in [1.82, 2.24) is 9.80 Å². The molecule has 3 fully saturated rings. The molecule has 1 aromatic rings. The van der Waals surface area contributed by atoms with E-state index in [-0.39, 0.29) is 30.9 Å². The molecular formula is C28H36ClN3O5. The molecule has 2 bridgehead atoms. The van der Waals surface area contributed by atoms with Crippen molar-refractivity contribution in [2.75, 3.05) is 31.6 Å². The number of likely N-dealkylation sites (tertiary alicyclic amines) is 1. The molecular weight excluding hydrogens is 494 g/mol. The maximum absolute atomic E-state index is 14.4. The molecule has 0 radical (unpaired) electrons. The zero-order valence-electron chi connectivity index (χ0n) is 21.7. The Morgan fingerprint density at radius 3 is 2.43 bits per heavy atom. The lowest BCUT2D eigenvalue weighted by molar-refractivity contribution is -0.151. The lowest BCUT2D eigenvalue weighted by Crippen LogP contribution is -2.59. The number of halogens is 1. The fourth-order valence-corrected chi connectivity index (χ4v) is 6.69. The predicted molar refractivity (Wildman–Crippen MR) is 142 cm³/mol. The quantitative estimate of drug-likeness (QED) is 0.470. The van der Waals surface area contributed by atoms with Gasteiger partial charge >= 0.3 is 0 Å². The molecule has 3 amide bonds. The van der Waals surface area contributed by atoms with Gasteiger partial charge in [-0.15, -0.1) is 13.2 Å². The first kappa shape index (κ1) is 27.4. The molecule has 1 N–H and O–H groups in total. The third-order valence-corrected chi connectivity index (χ3v) is 8.54. The second-order valence-electron chi connectivity index (χ2n) is 10.4. The number of hydrogen-bond acceptors (Lipinski definition) is 5. The molecule has 3 saturated heterocycles. The van der Waals surface area contributed by atoms with Crippen LogP contribution in [0.3, 0.4) is 0 Å². The first-order valence-corrected chi connectivity index (χ1v) is 13.1. The van der Waals surface area contributed by atoms with Crippen molar-refractivity contribution >= 4 is 35.0 Å². The van der Waals surface area contributed by atoms with E-state index in [9.17, 15) is 19.5 Å². The minimum atomic E-state index is -1.17. The van der Waals surface area contributed by atoms with Crippen molar-refractivity contribution in [2.24, 2.45) is 11.8 Å². The summed E-state index contributed by atoms with van der Waals surface area (Å²) >= 11 is 6.09. The third-order valence-electron chi connectivity index (χ3n) is 8.29. The molecule has 9 heteroatoms. The van der Waals surface area contributed by atoms with Crippen molar-refractivity contribution in [3.05, 3.63) is 54.6 Å². The summed E-state index contributed by atoms with van der Waals surface area (Å²) in [4.78, 5) is 46.9. The number of carbonyl (C=O) groups is 3. The monoisotopic (exact) mass is 529 g/mol. The largest absolute Gasteiger partial charge is 0.394 e. The van der Waals surface area contributed by atoms with Gasteiger partial charge < -0.3 is 24.5 Å². The van der Waals surface area contributed by atoms with Gasteiger partial charge in [-0.1, -0.05) is 30.7 Å². The molecule has 0 saturated carbocycles. The zero-order chi connectivity index (χ0) is 27.1. The van der Waals surface area contributed by atoms with E-state index < -0.39 is 35.1 Å². The number of aliphatic hydroxyl groups is 1. The minimum absolute atomic E-state index is 0.201. The van der Waals surface area contributed by atoms with Crippen LogP contribution in [0.15, 0.2) is 49.6 Å². The Kier molecular flexibility index (Phi) is 7.57. The Morgan fingerprint density at radius 1 is 1.22 bits per heavy atom. The zero-order valence-corrected chi connectivity index (χ0v) is 22.5. The highest BCUT2D eigenvalue weighted by Gasteiger charge is 2.78. The van der Waals surface area contributed by atoms with Gasteiger partial charge in [0.1, 0.15) is 11.6 Å². The summed E-state index contributed by atoms with van der Waals surface area (Å²) in [7, 11) is 1.68. The van der Waals surface area contributed by atoms with E-state index in [0.29, 0.717) is 36.5 Å². The van der Waals surface area contributed by atoms with E-state index in [2.05, 4.69) is 13.2 Å². The smallest absolute Gasteiger partial charge is 0.253 e. The van der Waals surface area contributed by atoms with Crippen LogP contribution in [-0.2, 0) is 19.1 Å². The van der Waals surface area contributed by atoms with E-state index in [1.54, 1.807) is 53.3 Å². The molecule has 3 heterocycles. The summed E-state index contributed by atoms with van der Waals surface area (Å²) in [6.07, 6.45) is 4.72. The van der Waals surface area contributed by atoms with Gasteiger partial charge in [-0.2, -0.15) is 0 Å². The standard InChI is InChI=1S/C28H36ClN3O5/c1-6-15-30(5)24(34)21-22-25(35)32(19(8-3)17-33)23(28(22)14-13-27(21,4)37-28)26(36)31(16-7-2)20-11-9-18(29)10-12-20/h6-7,9-12,19,21-23,33H,1-2,8,13-17H2,3-5H3/t19-,21+,22-,23?,27-,28?/m0/s1. The fourth-order valence-electron chi connectivity index (χ4n) is 6.57. The third kappa shape index (κ3) is 4.19. The number of hydrogen-bond donors (Lipinski definition) is 1. The topological polar surface area (TPSA) is 90.4 Å². The molecule has 1 aromatic carbocycles. The van der Waals surface area contributed by atoms with Gasteiger partial charge in [-0.3, -0.25) is 14.4 Å². The number of nitrogens with zero attached hydrogens (tertiary/aromatic N) is 3. The molecule has 8 nitrogen and oxygen atoms in total. The summed E-state index contributed by atoms with van der Waals surface area (Å²) in [5.41, 5.74) is -1.44. The molecule has 2 unspecified atom stereocenters. The van der Waals surface area contributed by atoms with Gasteiger partial charge in [0.15, 0.2) is 0 Å². The fraction of sp³-hybridized carbons (Fsp3) is 0.536. The lowest BCUT2D eigenvalue weighted by atomic mass is 9.66. The Labute approximate surface area is 223 Å². The average Bonchev–Trinajstić information content (AvgIpc) is 3.44. The van der Waals surface area contributed by atoms with Crippen LogP contribution in [0.4, 0.5) is 5.69 Å². The van der Waals surface area contributed by atoms with Gasteiger partial charge in [-0.05, 0) is 50.5 Å². The number of benzene rings is 1. The van der Waals surface area contributed by atoms with Crippen molar-refractivity contribution in [1.29, 1.82) is 0 Å². The van der Waals surface area contributed by atoms with Gasteiger partial charge in [0.2, 0.25) is 11.8 Å². The van der Waals surface area contributed by atoms with Crippen molar-refractivity contribution in [2.45, 2.75) is 56.4 Å². The summed E-state index contributed by atoms with van der Waals surface area (Å²) in [5, 5.41) is 10.8.